The maximum Gasteiger partial charge on any atom is 0.143 e. The molecule has 14 rings (SSSR count). The van der Waals surface area contributed by atoms with Crippen LogP contribution in [0.15, 0.2) is 271 Å². The number of hydrogen-bond donors (Lipinski definition) is 0. The summed E-state index contributed by atoms with van der Waals surface area (Å²) in [6.45, 7) is 0. The molecule has 0 fully saturated rings. The summed E-state index contributed by atoms with van der Waals surface area (Å²) in [7, 11) is 0. The molecule has 0 amide bonds. The Morgan fingerprint density at radius 3 is 1.54 bits per heavy atom. The van der Waals surface area contributed by atoms with Gasteiger partial charge in [0, 0.05) is 49.7 Å². The van der Waals surface area contributed by atoms with E-state index < -0.39 is 0 Å². The zero-order chi connectivity index (χ0) is 46.8. The molecule has 0 spiro atoms. The first-order valence-corrected chi connectivity index (χ1v) is 24.3. The zero-order valence-corrected chi connectivity index (χ0v) is 38.7. The van der Waals surface area contributed by atoms with Crippen molar-refractivity contribution in [1.29, 1.82) is 0 Å². The van der Waals surface area contributed by atoms with Gasteiger partial charge in [0.05, 0.1) is 16.7 Å². The highest BCUT2D eigenvalue weighted by Gasteiger charge is 2.20. The highest BCUT2D eigenvalue weighted by Crippen LogP contribution is 2.45. The molecule has 0 bridgehead atoms. The van der Waals surface area contributed by atoms with Gasteiger partial charge >= 0.3 is 0 Å². The topological polar surface area (TPSA) is 21.3 Å². The minimum absolute atomic E-state index is 0.891. The first-order chi connectivity index (χ1) is 35.2. The van der Waals surface area contributed by atoms with Gasteiger partial charge in [-0.25, -0.2) is 0 Å². The van der Waals surface area contributed by atoms with Gasteiger partial charge in [-0.15, -0.1) is 0 Å². The van der Waals surface area contributed by atoms with Crippen molar-refractivity contribution in [2.24, 2.45) is 0 Å². The van der Waals surface area contributed by atoms with E-state index >= 15 is 0 Å². The highest BCUT2D eigenvalue weighted by atomic mass is 16.3. The molecule has 0 aliphatic rings. The Labute approximate surface area is 411 Å². The molecule has 0 atom stereocenters. The van der Waals surface area contributed by atoms with E-state index in [0.29, 0.717) is 0 Å². The van der Waals surface area contributed by atoms with Crippen LogP contribution in [0.4, 0.5) is 17.1 Å². The largest absolute Gasteiger partial charge is 0.455 e. The number of hydrogen-bond acceptors (Lipinski definition) is 2. The lowest BCUT2D eigenvalue weighted by Crippen LogP contribution is -2.10. The first-order valence-electron chi connectivity index (χ1n) is 24.3. The van der Waals surface area contributed by atoms with Crippen LogP contribution in [-0.2, 0) is 0 Å². The van der Waals surface area contributed by atoms with Gasteiger partial charge in [-0.1, -0.05) is 200 Å². The van der Waals surface area contributed by atoms with Gasteiger partial charge in [0.2, 0.25) is 0 Å². The number of anilines is 3. The Kier molecular flexibility index (Phi) is 9.53. The molecule has 332 valence electrons. The van der Waals surface area contributed by atoms with Crippen LogP contribution in [0.2, 0.25) is 0 Å². The molecule has 0 aliphatic carbocycles. The minimum Gasteiger partial charge on any atom is -0.455 e. The maximum absolute atomic E-state index is 6.59. The van der Waals surface area contributed by atoms with E-state index in [-0.39, 0.29) is 0 Å². The van der Waals surface area contributed by atoms with Crippen LogP contribution in [0.1, 0.15) is 0 Å². The molecule has 0 radical (unpaired) electrons. The fourth-order valence-corrected chi connectivity index (χ4v) is 11.2. The summed E-state index contributed by atoms with van der Waals surface area (Å²) in [5.41, 5.74) is 17.7. The Balaban J connectivity index is 0.917. The van der Waals surface area contributed by atoms with Crippen LogP contribution >= 0.6 is 0 Å². The molecular formula is C68H44N2O. The lowest BCUT2D eigenvalue weighted by atomic mass is 9.92. The van der Waals surface area contributed by atoms with Crippen LogP contribution in [0.25, 0.3) is 115 Å². The van der Waals surface area contributed by atoms with Crippen molar-refractivity contribution in [2.45, 2.75) is 0 Å². The van der Waals surface area contributed by atoms with Gasteiger partial charge in [0.1, 0.15) is 11.2 Å². The molecule has 3 heteroatoms. The van der Waals surface area contributed by atoms with Gasteiger partial charge < -0.3 is 13.9 Å². The molecule has 0 saturated carbocycles. The molecule has 2 heterocycles. The second-order valence-corrected chi connectivity index (χ2v) is 18.4. The number of para-hydroxylation sites is 5. The number of nitrogens with zero attached hydrogens (tertiary/aromatic N) is 2. The fourth-order valence-electron chi connectivity index (χ4n) is 11.2. The van der Waals surface area contributed by atoms with Crippen molar-refractivity contribution in [3.05, 3.63) is 267 Å². The van der Waals surface area contributed by atoms with Crippen molar-refractivity contribution in [1.82, 2.24) is 4.57 Å². The average Bonchev–Trinajstić information content (AvgIpc) is 4.00. The molecule has 12 aromatic carbocycles. The third-order valence-corrected chi connectivity index (χ3v) is 14.4. The fraction of sp³-hybridized carbons (Fsp3) is 0. The summed E-state index contributed by atoms with van der Waals surface area (Å²) < 4.78 is 9.01. The Morgan fingerprint density at radius 1 is 0.282 bits per heavy atom. The van der Waals surface area contributed by atoms with Crippen LogP contribution in [0.3, 0.4) is 0 Å². The lowest BCUT2D eigenvalue weighted by Gasteiger charge is -2.27. The van der Waals surface area contributed by atoms with E-state index in [0.717, 1.165) is 66.9 Å². The van der Waals surface area contributed by atoms with Gasteiger partial charge in [-0.05, 0) is 122 Å². The Morgan fingerprint density at radius 2 is 0.803 bits per heavy atom. The van der Waals surface area contributed by atoms with E-state index in [9.17, 15) is 0 Å². The molecule has 0 N–H and O–H groups in total. The van der Waals surface area contributed by atoms with E-state index in [1.165, 1.54) is 65.6 Å². The van der Waals surface area contributed by atoms with Crippen molar-refractivity contribution >= 4 is 82.4 Å². The summed E-state index contributed by atoms with van der Waals surface area (Å²) in [4.78, 5) is 2.39. The summed E-state index contributed by atoms with van der Waals surface area (Å²) in [6, 6.07) is 96.7. The van der Waals surface area contributed by atoms with Gasteiger partial charge in [0.25, 0.3) is 0 Å². The predicted octanol–water partition coefficient (Wildman–Crippen LogP) is 19.1. The van der Waals surface area contributed by atoms with Gasteiger partial charge in [-0.3, -0.25) is 0 Å². The maximum atomic E-state index is 6.59. The summed E-state index contributed by atoms with van der Waals surface area (Å²) in [6.07, 6.45) is 0. The minimum atomic E-state index is 0.891. The SMILES string of the molecule is c1cc(-c2cc3ccccc3c3ccccc23)cc(N(c2ccc(-c3ccccc3-c3ccccc3-n3c4ccccc4c4ccccc43)cc2)c2cccc(-c3cccc4c3oc3ccccc34)c2)c1. The number of rotatable bonds is 8. The molecule has 71 heavy (non-hydrogen) atoms. The van der Waals surface area contributed by atoms with E-state index in [1.54, 1.807) is 0 Å². The number of furan rings is 1. The normalized spacial score (nSPS) is 11.7. The summed E-state index contributed by atoms with van der Waals surface area (Å²) >= 11 is 0. The second-order valence-electron chi connectivity index (χ2n) is 18.4. The van der Waals surface area contributed by atoms with Crippen molar-refractivity contribution < 1.29 is 4.42 Å². The third kappa shape index (κ3) is 6.74. The Bertz CT molecular complexity index is 4310. The molecule has 3 nitrogen and oxygen atoms in total. The average molecular weight is 905 g/mol. The first kappa shape index (κ1) is 40.6. The quantitative estimate of drug-likeness (QED) is 0.142. The van der Waals surface area contributed by atoms with E-state index in [1.807, 2.05) is 6.07 Å². The monoisotopic (exact) mass is 904 g/mol. The standard InChI is InChI=1S/C68H44N2O/c1-2-24-53-48(18-1)44-63(57-27-6-5-25-55(53)57)47-20-16-22-51(43-47)69(50-21-15-19-46(42-50)54-32-17-33-62-61-31-10-14-37-67(61)71-68(54)62)49-40-38-45(39-41-49)52-23-3-4-26-56(52)58-28-7-11-34-64(58)70-65-35-12-8-29-59(65)60-30-9-13-36-66(60)70/h1-44H. The Hall–Kier alpha value is -9.44. The van der Waals surface area contributed by atoms with Crippen LogP contribution in [0.5, 0.6) is 0 Å². The van der Waals surface area contributed by atoms with Crippen molar-refractivity contribution in [3.63, 3.8) is 0 Å². The third-order valence-electron chi connectivity index (χ3n) is 14.4. The molecule has 0 saturated heterocycles. The molecular weight excluding hydrogens is 861 g/mol. The van der Waals surface area contributed by atoms with Crippen molar-refractivity contribution in [2.75, 3.05) is 4.90 Å². The summed E-state index contributed by atoms with van der Waals surface area (Å²) in [5.74, 6) is 0. The van der Waals surface area contributed by atoms with Crippen molar-refractivity contribution in [3.8, 4) is 50.2 Å². The molecule has 0 unspecified atom stereocenters. The number of fused-ring (bicyclic) bond motifs is 9. The molecule has 14 aromatic rings. The van der Waals surface area contributed by atoms with Crippen LogP contribution in [-0.4, -0.2) is 4.57 Å². The van der Waals surface area contributed by atoms with Gasteiger partial charge in [0.15, 0.2) is 0 Å². The van der Waals surface area contributed by atoms with Crippen LogP contribution < -0.4 is 4.90 Å². The predicted molar refractivity (Wildman–Crippen MR) is 299 cm³/mol. The van der Waals surface area contributed by atoms with E-state index in [2.05, 4.69) is 270 Å². The summed E-state index contributed by atoms with van der Waals surface area (Å²) in [5, 5.41) is 9.71. The highest BCUT2D eigenvalue weighted by molar-refractivity contribution is 6.14. The zero-order valence-electron chi connectivity index (χ0n) is 38.7. The molecule has 0 aliphatic heterocycles. The number of benzene rings is 12. The lowest BCUT2D eigenvalue weighted by molar-refractivity contribution is 0.670. The van der Waals surface area contributed by atoms with E-state index in [4.69, 9.17) is 4.42 Å². The van der Waals surface area contributed by atoms with Crippen LogP contribution in [0, 0.1) is 0 Å². The smallest absolute Gasteiger partial charge is 0.143 e. The molecule has 2 aromatic heterocycles. The van der Waals surface area contributed by atoms with Gasteiger partial charge in [-0.2, -0.15) is 0 Å². The number of aromatic nitrogens is 1. The second kappa shape index (κ2) is 16.7.